The minimum atomic E-state index is -0.606. The van der Waals surface area contributed by atoms with E-state index in [9.17, 15) is 4.39 Å². The van der Waals surface area contributed by atoms with Crippen LogP contribution in [0, 0.1) is 35.8 Å². The van der Waals surface area contributed by atoms with Gasteiger partial charge in [-0.25, -0.2) is 13.5 Å². The second-order valence-electron chi connectivity index (χ2n) is 7.72. The number of hydrogen-bond acceptors (Lipinski definition) is 3. The van der Waals surface area contributed by atoms with E-state index in [0.717, 1.165) is 25.2 Å². The summed E-state index contributed by atoms with van der Waals surface area (Å²) in [6.07, 6.45) is 2.31. The Balaban J connectivity index is 1.72. The molecule has 1 aliphatic rings. The largest absolute Gasteiger partial charge is 0.371 e. The van der Waals surface area contributed by atoms with Crippen LogP contribution in [0.15, 0.2) is 42.5 Å². The van der Waals surface area contributed by atoms with Crippen molar-refractivity contribution in [2.75, 3.05) is 18.0 Å². The molecule has 0 N–H and O–H groups in total. The maximum atomic E-state index is 15.1. The Kier molecular flexibility index (Phi) is 5.06. The molecule has 0 spiro atoms. The van der Waals surface area contributed by atoms with Gasteiger partial charge in [-0.05, 0) is 62.1 Å². The fourth-order valence-corrected chi connectivity index (χ4v) is 3.94. The predicted octanol–water partition coefficient (Wildman–Crippen LogP) is 5.23. The van der Waals surface area contributed by atoms with Crippen molar-refractivity contribution in [3.8, 4) is 23.0 Å². The van der Waals surface area contributed by atoms with E-state index in [4.69, 9.17) is 5.26 Å². The fourth-order valence-electron chi connectivity index (χ4n) is 3.94. The molecule has 2 heterocycles. The highest BCUT2D eigenvalue weighted by Crippen LogP contribution is 2.30. The van der Waals surface area contributed by atoms with Gasteiger partial charge in [-0.2, -0.15) is 10.4 Å². The Labute approximate surface area is 169 Å². The van der Waals surface area contributed by atoms with Gasteiger partial charge in [0.25, 0.3) is 0 Å². The molecule has 4 nitrogen and oxygen atoms in total. The second kappa shape index (κ2) is 7.67. The number of anilines is 1. The van der Waals surface area contributed by atoms with E-state index < -0.39 is 5.82 Å². The number of aryl methyl sites for hydroxylation is 1. The summed E-state index contributed by atoms with van der Waals surface area (Å²) in [5.41, 5.74) is 2.96. The molecule has 4 rings (SSSR count). The van der Waals surface area contributed by atoms with Crippen molar-refractivity contribution >= 4 is 5.69 Å². The molecule has 29 heavy (non-hydrogen) atoms. The van der Waals surface area contributed by atoms with Gasteiger partial charge in [0.2, 0.25) is 0 Å². The normalized spacial score (nSPS) is 16.7. The van der Waals surface area contributed by atoms with Gasteiger partial charge in [0.05, 0.1) is 17.0 Å². The van der Waals surface area contributed by atoms with E-state index in [2.05, 4.69) is 16.9 Å². The number of hydrogen-bond donors (Lipinski definition) is 0. The summed E-state index contributed by atoms with van der Waals surface area (Å²) in [5.74, 6) is -0.386. The Morgan fingerprint density at radius 2 is 1.93 bits per heavy atom. The summed E-state index contributed by atoms with van der Waals surface area (Å²) in [5, 5.41) is 13.4. The Morgan fingerprint density at radius 1 is 1.10 bits per heavy atom. The molecule has 0 saturated carbocycles. The smallest absolute Gasteiger partial charge is 0.150 e. The standard InChI is InChI=1S/C23H22F2N4/c1-15-4-3-9-28(14-15)19-7-8-22(21(25)12-19)29-23(10-16(2)27-29)17-5-6-18(13-26)20(24)11-17/h5-8,10-12,15H,3-4,9,14H2,1-2H3. The van der Waals surface area contributed by atoms with Crippen LogP contribution in [-0.4, -0.2) is 22.9 Å². The third kappa shape index (κ3) is 3.73. The Bertz CT molecular complexity index is 1100. The number of nitriles is 1. The molecule has 6 heteroatoms. The van der Waals surface area contributed by atoms with Crippen LogP contribution in [0.4, 0.5) is 14.5 Å². The molecular weight excluding hydrogens is 370 g/mol. The van der Waals surface area contributed by atoms with Crippen molar-refractivity contribution < 1.29 is 8.78 Å². The van der Waals surface area contributed by atoms with Crippen molar-refractivity contribution in [1.82, 2.24) is 9.78 Å². The van der Waals surface area contributed by atoms with Crippen molar-refractivity contribution in [2.45, 2.75) is 26.7 Å². The summed E-state index contributed by atoms with van der Waals surface area (Å²) in [7, 11) is 0. The summed E-state index contributed by atoms with van der Waals surface area (Å²) < 4.78 is 30.7. The highest BCUT2D eigenvalue weighted by molar-refractivity contribution is 5.65. The molecule has 1 saturated heterocycles. The van der Waals surface area contributed by atoms with Gasteiger partial charge in [-0.1, -0.05) is 13.0 Å². The number of nitrogens with zero attached hydrogens (tertiary/aromatic N) is 4. The van der Waals surface area contributed by atoms with Crippen molar-refractivity contribution in [1.29, 1.82) is 5.26 Å². The summed E-state index contributed by atoms with van der Waals surface area (Å²) >= 11 is 0. The summed E-state index contributed by atoms with van der Waals surface area (Å²) in [4.78, 5) is 2.21. The molecule has 0 radical (unpaired) electrons. The Hall–Kier alpha value is -3.20. The van der Waals surface area contributed by atoms with Crippen LogP contribution in [0.2, 0.25) is 0 Å². The zero-order valence-electron chi connectivity index (χ0n) is 16.5. The van der Waals surface area contributed by atoms with Crippen LogP contribution in [0.5, 0.6) is 0 Å². The average Bonchev–Trinajstić information content (AvgIpc) is 3.09. The molecule has 3 aromatic rings. The number of halogens is 2. The molecule has 1 aromatic heterocycles. The molecule has 1 aliphatic heterocycles. The molecule has 0 bridgehead atoms. The zero-order chi connectivity index (χ0) is 20.5. The van der Waals surface area contributed by atoms with Crippen molar-refractivity contribution in [2.24, 2.45) is 5.92 Å². The highest BCUT2D eigenvalue weighted by Gasteiger charge is 2.19. The highest BCUT2D eigenvalue weighted by atomic mass is 19.1. The van der Waals surface area contributed by atoms with Crippen LogP contribution in [0.3, 0.4) is 0 Å². The molecule has 2 aromatic carbocycles. The number of rotatable bonds is 3. The lowest BCUT2D eigenvalue weighted by atomic mass is 10.00. The van der Waals surface area contributed by atoms with Crippen LogP contribution < -0.4 is 4.90 Å². The van der Waals surface area contributed by atoms with Crippen LogP contribution >= 0.6 is 0 Å². The van der Waals surface area contributed by atoms with Crippen LogP contribution in [0.25, 0.3) is 16.9 Å². The lowest BCUT2D eigenvalue weighted by molar-refractivity contribution is 0.446. The van der Waals surface area contributed by atoms with Gasteiger partial charge >= 0.3 is 0 Å². The van der Waals surface area contributed by atoms with E-state index in [1.807, 2.05) is 12.1 Å². The van der Waals surface area contributed by atoms with E-state index in [0.29, 0.717) is 28.6 Å². The van der Waals surface area contributed by atoms with Gasteiger partial charge in [-0.3, -0.25) is 0 Å². The average molecular weight is 392 g/mol. The van der Waals surface area contributed by atoms with Gasteiger partial charge in [-0.15, -0.1) is 0 Å². The van der Waals surface area contributed by atoms with Gasteiger partial charge in [0.1, 0.15) is 17.6 Å². The first-order valence-corrected chi connectivity index (χ1v) is 9.78. The Morgan fingerprint density at radius 3 is 2.62 bits per heavy atom. The summed E-state index contributed by atoms with van der Waals surface area (Å²) in [6.45, 7) is 5.88. The third-order valence-corrected chi connectivity index (χ3v) is 5.40. The van der Waals surface area contributed by atoms with Gasteiger partial charge in [0.15, 0.2) is 5.82 Å². The third-order valence-electron chi connectivity index (χ3n) is 5.40. The summed E-state index contributed by atoms with van der Waals surface area (Å²) in [6, 6.07) is 13.1. The second-order valence-corrected chi connectivity index (χ2v) is 7.72. The van der Waals surface area contributed by atoms with Gasteiger partial charge in [0, 0.05) is 24.3 Å². The van der Waals surface area contributed by atoms with E-state index in [1.54, 1.807) is 31.2 Å². The number of aromatic nitrogens is 2. The molecular formula is C23H22F2N4. The van der Waals surface area contributed by atoms with E-state index >= 15 is 4.39 Å². The van der Waals surface area contributed by atoms with Crippen LogP contribution in [-0.2, 0) is 0 Å². The first-order valence-electron chi connectivity index (χ1n) is 9.78. The quantitative estimate of drug-likeness (QED) is 0.613. The predicted molar refractivity (Wildman–Crippen MR) is 109 cm³/mol. The molecule has 148 valence electrons. The van der Waals surface area contributed by atoms with Crippen molar-refractivity contribution in [3.63, 3.8) is 0 Å². The SMILES string of the molecule is Cc1cc(-c2ccc(C#N)c(F)c2)n(-c2ccc(N3CCCC(C)C3)cc2F)n1. The molecule has 0 aliphatic carbocycles. The molecule has 1 atom stereocenters. The van der Waals surface area contributed by atoms with Gasteiger partial charge < -0.3 is 4.90 Å². The van der Waals surface area contributed by atoms with Crippen LogP contribution in [0.1, 0.15) is 31.0 Å². The maximum Gasteiger partial charge on any atom is 0.150 e. The minimum Gasteiger partial charge on any atom is -0.371 e. The monoisotopic (exact) mass is 392 g/mol. The minimum absolute atomic E-state index is 0.0252. The fraction of sp³-hybridized carbons (Fsp3) is 0.304. The maximum absolute atomic E-state index is 15.1. The first-order chi connectivity index (χ1) is 14.0. The van der Waals surface area contributed by atoms with E-state index in [-0.39, 0.29) is 11.4 Å². The molecule has 1 fully saturated rings. The number of piperidine rings is 1. The zero-order valence-corrected chi connectivity index (χ0v) is 16.5. The first kappa shape index (κ1) is 19.1. The number of benzene rings is 2. The molecule has 0 amide bonds. The van der Waals surface area contributed by atoms with Crippen molar-refractivity contribution in [3.05, 3.63) is 65.4 Å². The van der Waals surface area contributed by atoms with E-state index in [1.165, 1.54) is 23.2 Å². The lowest BCUT2D eigenvalue weighted by Crippen LogP contribution is -2.34. The lowest BCUT2D eigenvalue weighted by Gasteiger charge is -2.33. The molecule has 1 unspecified atom stereocenters. The topological polar surface area (TPSA) is 44.9 Å².